The van der Waals surface area contributed by atoms with Gasteiger partial charge < -0.3 is 20.1 Å². The van der Waals surface area contributed by atoms with Crippen molar-refractivity contribution in [3.8, 4) is 5.75 Å². The summed E-state index contributed by atoms with van der Waals surface area (Å²) >= 11 is 0. The number of amides is 1. The molecular weight excluding hydrogens is 360 g/mol. The third-order valence-electron chi connectivity index (χ3n) is 4.50. The second-order valence-corrected chi connectivity index (χ2v) is 6.44. The van der Waals surface area contributed by atoms with Crippen LogP contribution >= 0.6 is 0 Å². The average molecular weight is 382 g/mol. The number of methoxy groups -OCH3 is 1. The number of anilines is 1. The van der Waals surface area contributed by atoms with Gasteiger partial charge >= 0.3 is 11.9 Å². The number of piperidine rings is 1. The van der Waals surface area contributed by atoms with Crippen LogP contribution in [-0.4, -0.2) is 37.5 Å². The number of hydrogen-bond acceptors (Lipinski definition) is 6. The van der Waals surface area contributed by atoms with E-state index in [0.29, 0.717) is 11.3 Å². The van der Waals surface area contributed by atoms with E-state index in [-0.39, 0.29) is 23.3 Å². The quantitative estimate of drug-likeness (QED) is 0.610. The summed E-state index contributed by atoms with van der Waals surface area (Å²) in [6, 6.07) is 12.6. The molecule has 146 valence electrons. The molecule has 1 aliphatic heterocycles. The van der Waals surface area contributed by atoms with Crippen molar-refractivity contribution in [2.75, 3.05) is 19.0 Å². The predicted octanol–water partition coefficient (Wildman–Crippen LogP) is 2.77. The van der Waals surface area contributed by atoms with Crippen molar-refractivity contribution in [1.29, 1.82) is 0 Å². The first-order chi connectivity index (χ1) is 13.6. The van der Waals surface area contributed by atoms with E-state index in [2.05, 4.69) is 15.4 Å². The molecule has 7 nitrogen and oxygen atoms in total. The number of benzene rings is 2. The molecule has 2 N–H and O–H groups in total. The Hall–Kier alpha value is -3.19. The maximum absolute atomic E-state index is 12.7. The van der Waals surface area contributed by atoms with Crippen molar-refractivity contribution in [2.45, 2.75) is 25.3 Å². The second kappa shape index (κ2) is 9.14. The van der Waals surface area contributed by atoms with E-state index in [0.717, 1.165) is 25.8 Å². The van der Waals surface area contributed by atoms with Crippen LogP contribution in [-0.2, 0) is 9.53 Å². The fourth-order valence-corrected chi connectivity index (χ4v) is 2.98. The number of carbonyl (C=O) groups excluding carboxylic acids is 3. The second-order valence-electron chi connectivity index (χ2n) is 6.44. The van der Waals surface area contributed by atoms with Gasteiger partial charge in [-0.3, -0.25) is 4.79 Å². The van der Waals surface area contributed by atoms with Crippen molar-refractivity contribution in [3.63, 3.8) is 0 Å². The average Bonchev–Trinajstić information content (AvgIpc) is 2.74. The molecule has 1 atom stereocenters. The smallest absolute Gasteiger partial charge is 0.337 e. The van der Waals surface area contributed by atoms with Gasteiger partial charge in [-0.15, -0.1) is 0 Å². The maximum Gasteiger partial charge on any atom is 0.337 e. The summed E-state index contributed by atoms with van der Waals surface area (Å²) in [5.74, 6) is -1.04. The predicted molar refractivity (Wildman–Crippen MR) is 103 cm³/mol. The summed E-state index contributed by atoms with van der Waals surface area (Å²) in [6.07, 6.45) is 2.73. The minimum absolute atomic E-state index is 0.212. The number of para-hydroxylation sites is 1. The Bertz CT molecular complexity index is 857. The molecule has 0 saturated carbocycles. The molecule has 3 rings (SSSR count). The van der Waals surface area contributed by atoms with Crippen LogP contribution < -0.4 is 15.4 Å². The maximum atomic E-state index is 12.7. The van der Waals surface area contributed by atoms with Gasteiger partial charge in [-0.25, -0.2) is 9.59 Å². The number of nitrogens with one attached hydrogen (secondary N) is 2. The molecule has 1 aliphatic rings. The van der Waals surface area contributed by atoms with Crippen molar-refractivity contribution in [2.24, 2.45) is 0 Å². The van der Waals surface area contributed by atoms with E-state index in [1.807, 2.05) is 0 Å². The highest BCUT2D eigenvalue weighted by Crippen LogP contribution is 2.21. The highest BCUT2D eigenvalue weighted by molar-refractivity contribution is 6.06. The van der Waals surface area contributed by atoms with Gasteiger partial charge in [0.25, 0.3) is 5.91 Å². The number of rotatable bonds is 5. The number of ether oxygens (including phenoxy) is 2. The van der Waals surface area contributed by atoms with Gasteiger partial charge in [-0.1, -0.05) is 18.6 Å². The summed E-state index contributed by atoms with van der Waals surface area (Å²) in [4.78, 5) is 36.5. The summed E-state index contributed by atoms with van der Waals surface area (Å²) in [5, 5.41) is 5.87. The zero-order valence-corrected chi connectivity index (χ0v) is 15.6. The van der Waals surface area contributed by atoms with Gasteiger partial charge in [-0.05, 0) is 55.8 Å². The summed E-state index contributed by atoms with van der Waals surface area (Å²) in [7, 11) is 1.30. The van der Waals surface area contributed by atoms with E-state index in [4.69, 9.17) is 4.74 Å². The highest BCUT2D eigenvalue weighted by Gasteiger charge is 2.24. The lowest BCUT2D eigenvalue weighted by atomic mass is 10.1. The van der Waals surface area contributed by atoms with Crippen LogP contribution in [0.15, 0.2) is 48.5 Å². The first kappa shape index (κ1) is 19.6. The summed E-state index contributed by atoms with van der Waals surface area (Å²) < 4.78 is 10.1. The van der Waals surface area contributed by atoms with Crippen molar-refractivity contribution < 1.29 is 23.9 Å². The molecule has 1 unspecified atom stereocenters. The molecule has 0 aromatic heterocycles. The molecular formula is C21H22N2O5. The molecule has 7 heteroatoms. The monoisotopic (exact) mass is 382 g/mol. The molecule has 1 amide bonds. The largest absolute Gasteiger partial charge is 0.465 e. The molecule has 0 aliphatic carbocycles. The Labute approximate surface area is 163 Å². The highest BCUT2D eigenvalue weighted by atomic mass is 16.5. The van der Waals surface area contributed by atoms with Crippen molar-refractivity contribution in [1.82, 2.24) is 5.32 Å². The Kier molecular flexibility index (Phi) is 6.39. The van der Waals surface area contributed by atoms with Crippen LogP contribution in [0.25, 0.3) is 0 Å². The molecule has 1 fully saturated rings. The van der Waals surface area contributed by atoms with Crippen LogP contribution in [0.3, 0.4) is 0 Å². The van der Waals surface area contributed by atoms with E-state index >= 15 is 0 Å². The van der Waals surface area contributed by atoms with Gasteiger partial charge in [0, 0.05) is 5.69 Å². The topological polar surface area (TPSA) is 93.7 Å². The number of esters is 2. The number of carbonyl (C=O) groups is 3. The van der Waals surface area contributed by atoms with Gasteiger partial charge in [0.1, 0.15) is 11.8 Å². The first-order valence-electron chi connectivity index (χ1n) is 9.12. The zero-order valence-electron chi connectivity index (χ0n) is 15.6. The first-order valence-corrected chi connectivity index (χ1v) is 9.12. The van der Waals surface area contributed by atoms with E-state index in [1.54, 1.807) is 48.5 Å². The van der Waals surface area contributed by atoms with E-state index in [9.17, 15) is 14.4 Å². The Morgan fingerprint density at radius 1 is 1.04 bits per heavy atom. The molecule has 2 aromatic carbocycles. The molecule has 1 heterocycles. The van der Waals surface area contributed by atoms with E-state index < -0.39 is 11.9 Å². The van der Waals surface area contributed by atoms with Gasteiger partial charge in [0.2, 0.25) is 0 Å². The molecule has 28 heavy (non-hydrogen) atoms. The normalized spacial score (nSPS) is 16.1. The van der Waals surface area contributed by atoms with Crippen LogP contribution in [0.2, 0.25) is 0 Å². The minimum Gasteiger partial charge on any atom is -0.465 e. The van der Waals surface area contributed by atoms with Gasteiger partial charge in [0.05, 0.1) is 18.2 Å². The van der Waals surface area contributed by atoms with Gasteiger partial charge in [-0.2, -0.15) is 0 Å². The number of hydrogen-bond donors (Lipinski definition) is 2. The molecule has 2 aromatic rings. The van der Waals surface area contributed by atoms with Crippen molar-refractivity contribution >= 4 is 23.5 Å². The lowest BCUT2D eigenvalue weighted by molar-refractivity contribution is -0.137. The molecule has 0 bridgehead atoms. The fraction of sp³-hybridized carbons (Fsp3) is 0.286. The summed E-state index contributed by atoms with van der Waals surface area (Å²) in [5.41, 5.74) is 1.14. The molecule has 0 spiro atoms. The van der Waals surface area contributed by atoms with Crippen molar-refractivity contribution in [3.05, 3.63) is 59.7 Å². The Morgan fingerprint density at radius 2 is 1.79 bits per heavy atom. The lowest BCUT2D eigenvalue weighted by Gasteiger charge is -2.22. The van der Waals surface area contributed by atoms with Crippen LogP contribution in [0, 0.1) is 0 Å². The van der Waals surface area contributed by atoms with Crippen LogP contribution in [0.5, 0.6) is 5.75 Å². The van der Waals surface area contributed by atoms with Crippen LogP contribution in [0.4, 0.5) is 5.69 Å². The van der Waals surface area contributed by atoms with Crippen LogP contribution in [0.1, 0.15) is 40.0 Å². The summed E-state index contributed by atoms with van der Waals surface area (Å²) in [6.45, 7) is 0.781. The molecule has 1 saturated heterocycles. The minimum atomic E-state index is -0.452. The SMILES string of the molecule is COC(=O)c1ccc(NC(=O)c2ccccc2OC(=O)C2CCCCN2)cc1. The standard InChI is InChI=1S/C21H22N2O5/c1-27-20(25)14-9-11-15(12-10-14)23-19(24)16-6-2-3-8-18(16)28-21(26)17-7-4-5-13-22-17/h2-3,6,8-12,17,22H,4-5,7,13H2,1H3,(H,23,24). The van der Waals surface area contributed by atoms with E-state index in [1.165, 1.54) is 7.11 Å². The zero-order chi connectivity index (χ0) is 19.9. The Morgan fingerprint density at radius 3 is 2.46 bits per heavy atom. The lowest BCUT2D eigenvalue weighted by Crippen LogP contribution is -2.42. The Balaban J connectivity index is 1.70. The fourth-order valence-electron chi connectivity index (χ4n) is 2.98. The third-order valence-corrected chi connectivity index (χ3v) is 4.50. The van der Waals surface area contributed by atoms with Gasteiger partial charge in [0.15, 0.2) is 0 Å². The third kappa shape index (κ3) is 4.75. The molecule has 0 radical (unpaired) electrons.